The van der Waals surface area contributed by atoms with E-state index in [2.05, 4.69) is 12.2 Å². The van der Waals surface area contributed by atoms with Gasteiger partial charge in [0.15, 0.2) is 0 Å². The Hall–Kier alpha value is -1.55. The van der Waals surface area contributed by atoms with Crippen LogP contribution in [0.15, 0.2) is 18.2 Å². The van der Waals surface area contributed by atoms with Crippen molar-refractivity contribution in [2.75, 3.05) is 13.2 Å². The summed E-state index contributed by atoms with van der Waals surface area (Å²) in [6.07, 6.45) is 6.87. The van der Waals surface area contributed by atoms with Gasteiger partial charge in [-0.25, -0.2) is 0 Å². The Morgan fingerprint density at radius 3 is 2.70 bits per heavy atom. The Morgan fingerprint density at radius 1 is 1.22 bits per heavy atom. The van der Waals surface area contributed by atoms with Gasteiger partial charge in [-0.1, -0.05) is 26.2 Å². The van der Waals surface area contributed by atoms with Crippen LogP contribution in [0.3, 0.4) is 0 Å². The average molecular weight is 319 g/mol. The van der Waals surface area contributed by atoms with E-state index in [9.17, 15) is 4.79 Å². The van der Waals surface area contributed by atoms with E-state index < -0.39 is 0 Å². The third kappa shape index (κ3) is 5.54. The number of nitrogens with one attached hydrogen (secondary N) is 1. The van der Waals surface area contributed by atoms with Gasteiger partial charge in [0.05, 0.1) is 13.2 Å². The topological polar surface area (TPSA) is 47.6 Å². The predicted octanol–water partition coefficient (Wildman–Crippen LogP) is 4.07. The van der Waals surface area contributed by atoms with Crippen molar-refractivity contribution in [1.82, 2.24) is 5.32 Å². The summed E-state index contributed by atoms with van der Waals surface area (Å²) in [5.74, 6) is 0.814. The minimum absolute atomic E-state index is 0.0108. The van der Waals surface area contributed by atoms with Crippen molar-refractivity contribution in [2.45, 2.75) is 65.0 Å². The molecule has 23 heavy (non-hydrogen) atoms. The van der Waals surface area contributed by atoms with Crippen LogP contribution in [0.5, 0.6) is 5.75 Å². The smallest absolute Gasteiger partial charge is 0.251 e. The maximum atomic E-state index is 12.5. The standard InChI is InChI=1S/C19H29NO3/c1-3-12-22-14-16-13-15(10-11-18(16)23-4-2)19(21)20-17-8-6-5-7-9-17/h10-11,13,17H,3-9,12,14H2,1-2H3,(H,20,21). The summed E-state index contributed by atoms with van der Waals surface area (Å²) in [4.78, 5) is 12.5. The molecule has 1 aliphatic carbocycles. The molecule has 2 rings (SSSR count). The van der Waals surface area contributed by atoms with E-state index in [0.717, 1.165) is 30.6 Å². The van der Waals surface area contributed by atoms with Gasteiger partial charge >= 0.3 is 0 Å². The SMILES string of the molecule is CCCOCc1cc(C(=O)NC2CCCCC2)ccc1OCC. The number of carbonyl (C=O) groups is 1. The zero-order valence-corrected chi connectivity index (χ0v) is 14.4. The molecule has 0 heterocycles. The lowest BCUT2D eigenvalue weighted by Gasteiger charge is -2.23. The molecule has 4 nitrogen and oxygen atoms in total. The third-order valence-corrected chi connectivity index (χ3v) is 4.17. The summed E-state index contributed by atoms with van der Waals surface area (Å²) in [5, 5.41) is 3.16. The van der Waals surface area contributed by atoms with Crippen molar-refractivity contribution in [3.8, 4) is 5.75 Å². The molecule has 1 aromatic carbocycles. The number of ether oxygens (including phenoxy) is 2. The van der Waals surface area contributed by atoms with Gasteiger partial charge in [0, 0.05) is 23.8 Å². The molecule has 1 aromatic rings. The lowest BCUT2D eigenvalue weighted by Crippen LogP contribution is -2.36. The van der Waals surface area contributed by atoms with E-state index in [0.29, 0.717) is 31.4 Å². The van der Waals surface area contributed by atoms with Gasteiger partial charge in [-0.2, -0.15) is 0 Å². The quantitative estimate of drug-likeness (QED) is 0.735. The summed E-state index contributed by atoms with van der Waals surface area (Å²) in [5.41, 5.74) is 1.63. The van der Waals surface area contributed by atoms with Crippen LogP contribution < -0.4 is 10.1 Å². The average Bonchev–Trinajstić information content (AvgIpc) is 2.57. The van der Waals surface area contributed by atoms with Crippen LogP contribution in [0.1, 0.15) is 68.3 Å². The molecule has 0 saturated heterocycles. The van der Waals surface area contributed by atoms with Crippen molar-refractivity contribution in [3.05, 3.63) is 29.3 Å². The fourth-order valence-corrected chi connectivity index (χ4v) is 2.97. The number of hydrogen-bond acceptors (Lipinski definition) is 3. The summed E-state index contributed by atoms with van der Waals surface area (Å²) >= 11 is 0. The monoisotopic (exact) mass is 319 g/mol. The molecular weight excluding hydrogens is 290 g/mol. The minimum Gasteiger partial charge on any atom is -0.494 e. The Labute approximate surface area is 139 Å². The molecule has 128 valence electrons. The maximum absolute atomic E-state index is 12.5. The molecule has 0 aromatic heterocycles. The molecule has 0 aliphatic heterocycles. The van der Waals surface area contributed by atoms with Crippen LogP contribution >= 0.6 is 0 Å². The molecule has 1 fully saturated rings. The maximum Gasteiger partial charge on any atom is 0.251 e. The van der Waals surface area contributed by atoms with Crippen LogP contribution in [-0.2, 0) is 11.3 Å². The van der Waals surface area contributed by atoms with Crippen molar-refractivity contribution in [3.63, 3.8) is 0 Å². The highest BCUT2D eigenvalue weighted by molar-refractivity contribution is 5.94. The van der Waals surface area contributed by atoms with Crippen LogP contribution in [0.4, 0.5) is 0 Å². The van der Waals surface area contributed by atoms with Gasteiger partial charge in [0.25, 0.3) is 5.91 Å². The number of amides is 1. The zero-order valence-electron chi connectivity index (χ0n) is 14.4. The molecule has 1 N–H and O–H groups in total. The second-order valence-corrected chi connectivity index (χ2v) is 6.12. The molecule has 1 aliphatic rings. The lowest BCUT2D eigenvalue weighted by atomic mass is 9.95. The first-order chi connectivity index (χ1) is 11.2. The van der Waals surface area contributed by atoms with E-state index in [1.54, 1.807) is 0 Å². The van der Waals surface area contributed by atoms with E-state index in [4.69, 9.17) is 9.47 Å². The first kappa shape index (κ1) is 17.8. The van der Waals surface area contributed by atoms with E-state index >= 15 is 0 Å². The molecule has 0 spiro atoms. The van der Waals surface area contributed by atoms with Crippen molar-refractivity contribution >= 4 is 5.91 Å². The number of rotatable bonds is 8. The largest absolute Gasteiger partial charge is 0.494 e. The van der Waals surface area contributed by atoms with Crippen LogP contribution in [-0.4, -0.2) is 25.2 Å². The van der Waals surface area contributed by atoms with Gasteiger partial charge in [0.2, 0.25) is 0 Å². The number of benzene rings is 1. The molecule has 0 atom stereocenters. The Balaban J connectivity index is 2.04. The molecule has 0 unspecified atom stereocenters. The van der Waals surface area contributed by atoms with Crippen molar-refractivity contribution in [1.29, 1.82) is 0 Å². The highest BCUT2D eigenvalue weighted by atomic mass is 16.5. The van der Waals surface area contributed by atoms with Crippen LogP contribution in [0.25, 0.3) is 0 Å². The molecule has 0 bridgehead atoms. The normalized spacial score (nSPS) is 15.4. The molecule has 0 radical (unpaired) electrons. The Bertz CT molecular complexity index is 495. The molecule has 4 heteroatoms. The van der Waals surface area contributed by atoms with Gasteiger partial charge in [-0.05, 0) is 44.4 Å². The summed E-state index contributed by atoms with van der Waals surface area (Å²) < 4.78 is 11.3. The highest BCUT2D eigenvalue weighted by Gasteiger charge is 2.17. The van der Waals surface area contributed by atoms with Crippen molar-refractivity contribution < 1.29 is 14.3 Å². The van der Waals surface area contributed by atoms with Gasteiger partial charge in [0.1, 0.15) is 5.75 Å². The Kier molecular flexibility index (Phi) is 7.40. The molecular formula is C19H29NO3. The summed E-state index contributed by atoms with van der Waals surface area (Å²) in [7, 11) is 0. The summed E-state index contributed by atoms with van der Waals surface area (Å²) in [6, 6.07) is 5.94. The first-order valence-electron chi connectivity index (χ1n) is 8.89. The predicted molar refractivity (Wildman–Crippen MR) is 91.9 cm³/mol. The Morgan fingerprint density at radius 2 is 2.00 bits per heavy atom. The van der Waals surface area contributed by atoms with Gasteiger partial charge in [-0.15, -0.1) is 0 Å². The second kappa shape index (κ2) is 9.56. The second-order valence-electron chi connectivity index (χ2n) is 6.12. The number of hydrogen-bond donors (Lipinski definition) is 1. The van der Waals surface area contributed by atoms with E-state index in [-0.39, 0.29) is 5.91 Å². The van der Waals surface area contributed by atoms with E-state index in [1.165, 1.54) is 19.3 Å². The van der Waals surface area contributed by atoms with Crippen LogP contribution in [0, 0.1) is 0 Å². The first-order valence-corrected chi connectivity index (χ1v) is 8.89. The third-order valence-electron chi connectivity index (χ3n) is 4.17. The fraction of sp³-hybridized carbons (Fsp3) is 0.632. The minimum atomic E-state index is 0.0108. The van der Waals surface area contributed by atoms with Crippen molar-refractivity contribution in [2.24, 2.45) is 0 Å². The van der Waals surface area contributed by atoms with Gasteiger partial charge < -0.3 is 14.8 Å². The van der Waals surface area contributed by atoms with Gasteiger partial charge in [-0.3, -0.25) is 4.79 Å². The number of carbonyl (C=O) groups excluding carboxylic acids is 1. The van der Waals surface area contributed by atoms with Crippen LogP contribution in [0.2, 0.25) is 0 Å². The molecule has 1 saturated carbocycles. The zero-order chi connectivity index (χ0) is 16.5. The molecule has 1 amide bonds. The van der Waals surface area contributed by atoms with E-state index in [1.807, 2.05) is 25.1 Å². The highest BCUT2D eigenvalue weighted by Crippen LogP contribution is 2.22. The fourth-order valence-electron chi connectivity index (χ4n) is 2.97. The summed E-state index contributed by atoms with van der Waals surface area (Å²) in [6.45, 7) is 5.84. The lowest BCUT2D eigenvalue weighted by molar-refractivity contribution is 0.0926.